The van der Waals surface area contributed by atoms with Crippen LogP contribution < -0.4 is 14.8 Å². The second kappa shape index (κ2) is 10.1. The molecule has 144 valence electrons. The van der Waals surface area contributed by atoms with Gasteiger partial charge in [-0.2, -0.15) is 0 Å². The average molecular weight is 376 g/mol. The Labute approximate surface area is 165 Å². The van der Waals surface area contributed by atoms with Gasteiger partial charge in [0.05, 0.1) is 12.2 Å². The van der Waals surface area contributed by atoms with Gasteiger partial charge >= 0.3 is 0 Å². The van der Waals surface area contributed by atoms with Crippen LogP contribution in [0.2, 0.25) is 0 Å². The lowest BCUT2D eigenvalue weighted by Gasteiger charge is -2.17. The van der Waals surface area contributed by atoms with Crippen molar-refractivity contribution in [3.63, 3.8) is 0 Å². The second-order valence-electron chi connectivity index (χ2n) is 6.36. The van der Waals surface area contributed by atoms with Crippen molar-refractivity contribution in [3.8, 4) is 17.2 Å². The van der Waals surface area contributed by atoms with Crippen molar-refractivity contribution in [2.24, 2.45) is 0 Å². The van der Waals surface area contributed by atoms with Gasteiger partial charge in [0.1, 0.15) is 18.1 Å². The molecule has 0 saturated heterocycles. The molecule has 5 nitrogen and oxygen atoms in total. The van der Waals surface area contributed by atoms with Gasteiger partial charge in [-0.15, -0.1) is 0 Å². The lowest BCUT2D eigenvalue weighted by atomic mass is 10.2. The first kappa shape index (κ1) is 19.5. The van der Waals surface area contributed by atoms with Gasteiger partial charge in [0.15, 0.2) is 5.75 Å². The maximum absolute atomic E-state index is 12.4. The van der Waals surface area contributed by atoms with Crippen molar-refractivity contribution < 1.29 is 14.3 Å². The molecule has 3 aromatic carbocycles. The molecule has 0 saturated carbocycles. The highest BCUT2D eigenvalue weighted by molar-refractivity contribution is 5.93. The first-order valence-electron chi connectivity index (χ1n) is 9.19. The van der Waals surface area contributed by atoms with Crippen LogP contribution in [-0.2, 0) is 4.79 Å². The highest BCUT2D eigenvalue weighted by atomic mass is 16.5. The van der Waals surface area contributed by atoms with E-state index < -0.39 is 0 Å². The second-order valence-corrected chi connectivity index (χ2v) is 6.36. The number of hydrogen-bond donors (Lipinski definition) is 1. The van der Waals surface area contributed by atoms with Crippen LogP contribution >= 0.6 is 0 Å². The van der Waals surface area contributed by atoms with Crippen molar-refractivity contribution in [2.75, 3.05) is 32.1 Å². The Hall–Kier alpha value is -3.31. The van der Waals surface area contributed by atoms with E-state index in [0.717, 1.165) is 11.5 Å². The summed E-state index contributed by atoms with van der Waals surface area (Å²) in [6, 6.07) is 26.5. The summed E-state index contributed by atoms with van der Waals surface area (Å²) < 4.78 is 11.5. The number of rotatable bonds is 9. The van der Waals surface area contributed by atoms with Crippen LogP contribution in [0, 0.1) is 0 Å². The number of nitrogens with zero attached hydrogens (tertiary/aromatic N) is 1. The molecule has 0 spiro atoms. The number of ether oxygens (including phenoxy) is 2. The van der Waals surface area contributed by atoms with E-state index in [4.69, 9.17) is 9.47 Å². The minimum Gasteiger partial charge on any atom is -0.492 e. The topological polar surface area (TPSA) is 50.8 Å². The third kappa shape index (κ3) is 6.14. The van der Waals surface area contributed by atoms with Gasteiger partial charge in [-0.05, 0) is 43.4 Å². The molecule has 3 rings (SSSR count). The summed E-state index contributed by atoms with van der Waals surface area (Å²) in [6.07, 6.45) is 0. The molecule has 0 atom stereocenters. The fourth-order valence-electron chi connectivity index (χ4n) is 2.62. The van der Waals surface area contributed by atoms with E-state index in [0.29, 0.717) is 24.6 Å². The highest BCUT2D eigenvalue weighted by Crippen LogP contribution is 2.28. The van der Waals surface area contributed by atoms with E-state index in [2.05, 4.69) is 5.32 Å². The lowest BCUT2D eigenvalue weighted by Crippen LogP contribution is -2.33. The summed E-state index contributed by atoms with van der Waals surface area (Å²) >= 11 is 0. The fourth-order valence-corrected chi connectivity index (χ4v) is 2.62. The van der Waals surface area contributed by atoms with E-state index in [1.54, 1.807) is 0 Å². The van der Waals surface area contributed by atoms with Crippen LogP contribution in [0.4, 0.5) is 5.69 Å². The molecule has 5 heteroatoms. The first-order valence-corrected chi connectivity index (χ1v) is 9.19. The largest absolute Gasteiger partial charge is 0.492 e. The third-order valence-corrected chi connectivity index (χ3v) is 4.03. The molecule has 0 unspecified atom stereocenters. The molecule has 0 aliphatic carbocycles. The minimum atomic E-state index is -0.105. The maximum atomic E-state index is 12.4. The van der Waals surface area contributed by atoms with E-state index in [1.807, 2.05) is 96.9 Å². The van der Waals surface area contributed by atoms with E-state index in [1.165, 1.54) is 0 Å². The van der Waals surface area contributed by atoms with Crippen LogP contribution in [0.3, 0.4) is 0 Å². The van der Waals surface area contributed by atoms with Gasteiger partial charge in [0.25, 0.3) is 0 Å². The summed E-state index contributed by atoms with van der Waals surface area (Å²) in [7, 11) is 1.89. The Morgan fingerprint density at radius 3 is 2.18 bits per heavy atom. The van der Waals surface area contributed by atoms with Gasteiger partial charge in [-0.1, -0.05) is 48.5 Å². The standard InChI is InChI=1S/C23H24N2O3/c1-25(16-17-27-19-10-4-2-5-11-19)18-23(26)24-21-14-8-9-15-22(21)28-20-12-6-3-7-13-20/h2-15H,16-18H2,1H3,(H,24,26). The summed E-state index contributed by atoms with van der Waals surface area (Å²) in [5, 5.41) is 2.92. The monoisotopic (exact) mass is 376 g/mol. The van der Waals surface area contributed by atoms with Gasteiger partial charge in [0, 0.05) is 6.54 Å². The molecule has 0 heterocycles. The van der Waals surface area contributed by atoms with Crippen LogP contribution in [0.15, 0.2) is 84.9 Å². The Bertz CT molecular complexity index is 869. The molecule has 0 aromatic heterocycles. The van der Waals surface area contributed by atoms with E-state index >= 15 is 0 Å². The molecule has 1 N–H and O–H groups in total. The number of amides is 1. The summed E-state index contributed by atoms with van der Waals surface area (Å²) in [4.78, 5) is 14.3. The van der Waals surface area contributed by atoms with Gasteiger partial charge < -0.3 is 14.8 Å². The average Bonchev–Trinajstić information content (AvgIpc) is 2.71. The SMILES string of the molecule is CN(CCOc1ccccc1)CC(=O)Nc1ccccc1Oc1ccccc1. The number of carbonyl (C=O) groups is 1. The molecule has 28 heavy (non-hydrogen) atoms. The van der Waals surface area contributed by atoms with E-state index in [-0.39, 0.29) is 12.5 Å². The van der Waals surface area contributed by atoms with Crippen molar-refractivity contribution in [1.29, 1.82) is 0 Å². The van der Waals surface area contributed by atoms with Crippen LogP contribution in [0.5, 0.6) is 17.2 Å². The zero-order valence-electron chi connectivity index (χ0n) is 15.9. The molecular formula is C23H24N2O3. The Morgan fingerprint density at radius 2 is 1.46 bits per heavy atom. The zero-order chi connectivity index (χ0) is 19.6. The van der Waals surface area contributed by atoms with Gasteiger partial charge in [-0.25, -0.2) is 0 Å². The molecule has 0 aliphatic rings. The lowest BCUT2D eigenvalue weighted by molar-refractivity contribution is -0.117. The zero-order valence-corrected chi connectivity index (χ0v) is 15.9. The van der Waals surface area contributed by atoms with Crippen molar-refractivity contribution in [3.05, 3.63) is 84.9 Å². The molecule has 3 aromatic rings. The van der Waals surface area contributed by atoms with Crippen molar-refractivity contribution in [2.45, 2.75) is 0 Å². The van der Waals surface area contributed by atoms with Gasteiger partial charge in [0.2, 0.25) is 5.91 Å². The number of likely N-dealkylation sites (N-methyl/N-ethyl adjacent to an activating group) is 1. The molecule has 0 bridgehead atoms. The molecule has 1 amide bonds. The Balaban J connectivity index is 1.49. The van der Waals surface area contributed by atoms with Crippen molar-refractivity contribution >= 4 is 11.6 Å². The van der Waals surface area contributed by atoms with Crippen molar-refractivity contribution in [1.82, 2.24) is 4.90 Å². The molecule has 0 aliphatic heterocycles. The number of benzene rings is 3. The third-order valence-electron chi connectivity index (χ3n) is 4.03. The first-order chi connectivity index (χ1) is 13.7. The predicted octanol–water partition coefficient (Wildman–Crippen LogP) is 4.43. The van der Waals surface area contributed by atoms with Gasteiger partial charge in [-0.3, -0.25) is 9.69 Å². The molecular weight excluding hydrogens is 352 g/mol. The summed E-state index contributed by atoms with van der Waals surface area (Å²) in [5.41, 5.74) is 0.644. The summed E-state index contributed by atoms with van der Waals surface area (Å²) in [6.45, 7) is 1.42. The van der Waals surface area contributed by atoms with Crippen LogP contribution in [-0.4, -0.2) is 37.6 Å². The van der Waals surface area contributed by atoms with Crippen LogP contribution in [0.25, 0.3) is 0 Å². The predicted molar refractivity (Wildman–Crippen MR) is 111 cm³/mol. The number of hydrogen-bond acceptors (Lipinski definition) is 4. The smallest absolute Gasteiger partial charge is 0.238 e. The Morgan fingerprint density at radius 1 is 0.857 bits per heavy atom. The van der Waals surface area contributed by atoms with E-state index in [9.17, 15) is 4.79 Å². The highest BCUT2D eigenvalue weighted by Gasteiger charge is 2.11. The number of anilines is 1. The number of carbonyl (C=O) groups excluding carboxylic acids is 1. The minimum absolute atomic E-state index is 0.105. The summed E-state index contributed by atoms with van der Waals surface area (Å²) in [5.74, 6) is 2.05. The van der Waals surface area contributed by atoms with Crippen LogP contribution in [0.1, 0.15) is 0 Å². The normalized spacial score (nSPS) is 10.5. The maximum Gasteiger partial charge on any atom is 0.238 e. The number of nitrogens with one attached hydrogen (secondary N) is 1. The fraction of sp³-hybridized carbons (Fsp3) is 0.174. The number of para-hydroxylation sites is 4. The quantitative estimate of drug-likeness (QED) is 0.600. The Kier molecular flexibility index (Phi) is 7.04. The molecule has 0 radical (unpaired) electrons. The molecule has 0 fully saturated rings.